The van der Waals surface area contributed by atoms with Gasteiger partial charge in [-0.3, -0.25) is 0 Å². The molecule has 0 fully saturated rings. The van der Waals surface area contributed by atoms with Crippen molar-refractivity contribution in [2.75, 3.05) is 0 Å². The Kier molecular flexibility index (Phi) is 2.58. The van der Waals surface area contributed by atoms with Gasteiger partial charge in [0, 0.05) is 11.1 Å². The van der Waals surface area contributed by atoms with E-state index >= 15 is 0 Å². The van der Waals surface area contributed by atoms with Gasteiger partial charge in [0.05, 0.1) is 6.61 Å². The fourth-order valence-corrected chi connectivity index (χ4v) is 2.18. The lowest BCUT2D eigenvalue weighted by atomic mass is 9.91. The van der Waals surface area contributed by atoms with Crippen molar-refractivity contribution in [3.63, 3.8) is 0 Å². The Morgan fingerprint density at radius 2 is 2.12 bits per heavy atom. The van der Waals surface area contributed by atoms with Gasteiger partial charge in [-0.25, -0.2) is 0 Å². The second-order valence-electron chi connectivity index (χ2n) is 5.01. The van der Waals surface area contributed by atoms with Gasteiger partial charge in [0.15, 0.2) is 0 Å². The molecular weight excluding hydrogens is 204 g/mol. The maximum atomic E-state index is 9.76. The third-order valence-corrected chi connectivity index (χ3v) is 3.24. The average Bonchev–Trinajstić information content (AvgIpc) is 2.20. The molecule has 88 valence electrons. The lowest BCUT2D eigenvalue weighted by molar-refractivity contribution is 0.0830. The lowest BCUT2D eigenvalue weighted by Gasteiger charge is -2.34. The Hall–Kier alpha value is -1.22. The van der Waals surface area contributed by atoms with Crippen molar-refractivity contribution in [2.45, 2.75) is 45.8 Å². The Labute approximate surface area is 95.7 Å². The summed E-state index contributed by atoms with van der Waals surface area (Å²) in [4.78, 5) is 0. The van der Waals surface area contributed by atoms with E-state index in [9.17, 15) is 10.2 Å². The molecule has 0 aromatic heterocycles. The van der Waals surface area contributed by atoms with Crippen LogP contribution in [0.1, 0.15) is 37.0 Å². The number of aromatic hydroxyl groups is 1. The minimum atomic E-state index is -0.165. The van der Waals surface area contributed by atoms with E-state index in [0.29, 0.717) is 5.56 Å². The molecule has 0 unspecified atom stereocenters. The van der Waals surface area contributed by atoms with E-state index in [2.05, 4.69) is 13.8 Å². The summed E-state index contributed by atoms with van der Waals surface area (Å²) in [6, 6.07) is 1.71. The fraction of sp³-hybridized carbons (Fsp3) is 0.538. The molecular formula is C13H18O3. The van der Waals surface area contributed by atoms with Crippen molar-refractivity contribution in [1.82, 2.24) is 0 Å². The van der Waals surface area contributed by atoms with Crippen LogP contribution in [0.5, 0.6) is 11.5 Å². The molecule has 2 N–H and O–H groups in total. The monoisotopic (exact) mass is 222 g/mol. The second kappa shape index (κ2) is 3.67. The summed E-state index contributed by atoms with van der Waals surface area (Å²) in [6.07, 6.45) is 1.85. The number of aliphatic hydroxyl groups excluding tert-OH is 1. The highest BCUT2D eigenvalue weighted by molar-refractivity contribution is 5.53. The molecule has 1 aliphatic rings. The third-order valence-electron chi connectivity index (χ3n) is 3.24. The summed E-state index contributed by atoms with van der Waals surface area (Å²) in [6.45, 7) is 5.84. The Bertz CT molecular complexity index is 422. The smallest absolute Gasteiger partial charge is 0.126 e. The zero-order valence-electron chi connectivity index (χ0n) is 10.0. The van der Waals surface area contributed by atoms with Crippen LogP contribution in [-0.2, 0) is 13.0 Å². The normalized spacial score (nSPS) is 17.8. The fourth-order valence-electron chi connectivity index (χ4n) is 2.18. The SMILES string of the molecule is Cc1c(CO)c(O)cc2c1OC(C)(C)CC2. The summed E-state index contributed by atoms with van der Waals surface area (Å²) < 4.78 is 5.93. The first kappa shape index (κ1) is 11.3. The first-order valence-electron chi connectivity index (χ1n) is 5.59. The predicted molar refractivity (Wildman–Crippen MR) is 61.8 cm³/mol. The first-order chi connectivity index (χ1) is 7.44. The van der Waals surface area contributed by atoms with E-state index in [1.807, 2.05) is 6.92 Å². The highest BCUT2D eigenvalue weighted by Gasteiger charge is 2.29. The average molecular weight is 222 g/mol. The van der Waals surface area contributed by atoms with Gasteiger partial charge in [-0.1, -0.05) is 0 Å². The minimum Gasteiger partial charge on any atom is -0.508 e. The van der Waals surface area contributed by atoms with Crippen molar-refractivity contribution < 1.29 is 14.9 Å². The molecule has 0 amide bonds. The van der Waals surface area contributed by atoms with Gasteiger partial charge < -0.3 is 14.9 Å². The van der Waals surface area contributed by atoms with Crippen LogP contribution in [0.3, 0.4) is 0 Å². The number of benzene rings is 1. The molecule has 16 heavy (non-hydrogen) atoms. The van der Waals surface area contributed by atoms with Crippen LogP contribution in [0.25, 0.3) is 0 Å². The quantitative estimate of drug-likeness (QED) is 0.766. The topological polar surface area (TPSA) is 49.7 Å². The number of ether oxygens (including phenoxy) is 1. The van der Waals surface area contributed by atoms with Crippen molar-refractivity contribution in [2.24, 2.45) is 0 Å². The van der Waals surface area contributed by atoms with E-state index in [-0.39, 0.29) is 18.0 Å². The first-order valence-corrected chi connectivity index (χ1v) is 5.59. The Morgan fingerprint density at radius 3 is 2.75 bits per heavy atom. The van der Waals surface area contributed by atoms with Crippen molar-refractivity contribution in [1.29, 1.82) is 0 Å². The lowest BCUT2D eigenvalue weighted by Crippen LogP contribution is -2.33. The zero-order valence-corrected chi connectivity index (χ0v) is 10.0. The van der Waals surface area contributed by atoms with Gasteiger partial charge in [-0.2, -0.15) is 0 Å². The molecule has 1 aromatic rings. The molecule has 0 spiro atoms. The minimum absolute atomic E-state index is 0.158. The standard InChI is InChI=1S/C13H18O3/c1-8-10(7-14)11(15)6-9-4-5-13(2,3)16-12(8)9/h6,14-15H,4-5,7H2,1-3H3. The highest BCUT2D eigenvalue weighted by atomic mass is 16.5. The van der Waals surface area contributed by atoms with Gasteiger partial charge >= 0.3 is 0 Å². The van der Waals surface area contributed by atoms with E-state index in [1.165, 1.54) is 0 Å². The molecule has 2 rings (SSSR count). The molecule has 3 heteroatoms. The van der Waals surface area contributed by atoms with Gasteiger partial charge in [0.2, 0.25) is 0 Å². The molecule has 1 heterocycles. The number of fused-ring (bicyclic) bond motifs is 1. The highest BCUT2D eigenvalue weighted by Crippen LogP contribution is 2.40. The Morgan fingerprint density at radius 1 is 1.44 bits per heavy atom. The van der Waals surface area contributed by atoms with Crippen LogP contribution in [0, 0.1) is 6.92 Å². The molecule has 0 saturated heterocycles. The van der Waals surface area contributed by atoms with Gasteiger partial charge in [-0.05, 0) is 45.2 Å². The summed E-state index contributed by atoms with van der Waals surface area (Å²) in [7, 11) is 0. The molecule has 0 aliphatic carbocycles. The van der Waals surface area contributed by atoms with Gasteiger partial charge in [0.25, 0.3) is 0 Å². The molecule has 0 radical (unpaired) electrons. The van der Waals surface area contributed by atoms with E-state index in [1.54, 1.807) is 6.07 Å². The van der Waals surface area contributed by atoms with Crippen LogP contribution >= 0.6 is 0 Å². The molecule has 1 aliphatic heterocycles. The second-order valence-corrected chi connectivity index (χ2v) is 5.01. The molecule has 1 aromatic carbocycles. The number of hydrogen-bond donors (Lipinski definition) is 2. The van der Waals surface area contributed by atoms with E-state index in [4.69, 9.17) is 4.74 Å². The number of rotatable bonds is 1. The van der Waals surface area contributed by atoms with Crippen LogP contribution in [0.2, 0.25) is 0 Å². The van der Waals surface area contributed by atoms with Crippen LogP contribution in [0.4, 0.5) is 0 Å². The number of hydrogen-bond acceptors (Lipinski definition) is 3. The van der Waals surface area contributed by atoms with Gasteiger partial charge in [0.1, 0.15) is 17.1 Å². The molecule has 0 atom stereocenters. The molecule has 0 saturated carbocycles. The zero-order chi connectivity index (χ0) is 11.9. The van der Waals surface area contributed by atoms with E-state index in [0.717, 1.165) is 29.7 Å². The summed E-state index contributed by atoms with van der Waals surface area (Å²) >= 11 is 0. The molecule has 3 nitrogen and oxygen atoms in total. The van der Waals surface area contributed by atoms with Crippen LogP contribution < -0.4 is 4.74 Å². The summed E-state index contributed by atoms with van der Waals surface area (Å²) in [5.74, 6) is 1.00. The molecule has 0 bridgehead atoms. The number of phenols is 1. The Balaban J connectivity index is 2.54. The maximum Gasteiger partial charge on any atom is 0.126 e. The number of aliphatic hydroxyl groups is 1. The summed E-state index contributed by atoms with van der Waals surface area (Å²) in [5, 5.41) is 19.0. The van der Waals surface area contributed by atoms with Crippen LogP contribution in [-0.4, -0.2) is 15.8 Å². The summed E-state index contributed by atoms with van der Waals surface area (Å²) in [5.41, 5.74) is 2.29. The van der Waals surface area contributed by atoms with Crippen molar-refractivity contribution >= 4 is 0 Å². The third kappa shape index (κ3) is 1.76. The number of aryl methyl sites for hydroxylation is 1. The van der Waals surface area contributed by atoms with Crippen molar-refractivity contribution in [3.8, 4) is 11.5 Å². The maximum absolute atomic E-state index is 9.76. The largest absolute Gasteiger partial charge is 0.508 e. The van der Waals surface area contributed by atoms with Crippen molar-refractivity contribution in [3.05, 3.63) is 22.8 Å². The van der Waals surface area contributed by atoms with Gasteiger partial charge in [-0.15, -0.1) is 0 Å². The predicted octanol–water partition coefficient (Wildman–Crippen LogP) is 2.30. The van der Waals surface area contributed by atoms with E-state index < -0.39 is 0 Å². The van der Waals surface area contributed by atoms with Crippen LogP contribution in [0.15, 0.2) is 6.07 Å².